The first-order chi connectivity index (χ1) is 9.21. The number of carbonyl (C=O) groups excluding carboxylic acids is 2. The average molecular weight is 260 g/mol. The molecule has 0 atom stereocenters. The van der Waals surface area contributed by atoms with Crippen LogP contribution in [0.1, 0.15) is 10.5 Å². The van der Waals surface area contributed by atoms with Gasteiger partial charge in [-0.25, -0.2) is 4.68 Å². The normalized spacial score (nSPS) is 9.95. The van der Waals surface area contributed by atoms with Crippen molar-refractivity contribution in [3.8, 4) is 5.75 Å². The number of carbonyl (C=O) groups is 2. The summed E-state index contributed by atoms with van der Waals surface area (Å²) in [5, 5.41) is 9.91. The maximum absolute atomic E-state index is 11.7. The van der Waals surface area contributed by atoms with E-state index in [2.05, 4.69) is 15.6 Å². The van der Waals surface area contributed by atoms with Crippen LogP contribution >= 0.6 is 0 Å². The molecule has 0 radical (unpaired) electrons. The lowest BCUT2D eigenvalue weighted by Crippen LogP contribution is -2.19. The molecule has 0 aliphatic heterocycles. The minimum absolute atomic E-state index is 0.00707. The zero-order valence-electron chi connectivity index (χ0n) is 10.2. The summed E-state index contributed by atoms with van der Waals surface area (Å²) in [5.41, 5.74) is 0.846. The third kappa shape index (κ3) is 3.38. The molecule has 19 heavy (non-hydrogen) atoms. The van der Waals surface area contributed by atoms with Gasteiger partial charge in [0.15, 0.2) is 6.29 Å². The molecule has 1 N–H and O–H groups in total. The summed E-state index contributed by atoms with van der Waals surface area (Å²) < 4.78 is 6.31. The number of aromatic nitrogens is 3. The molecule has 1 aromatic carbocycles. The van der Waals surface area contributed by atoms with Gasteiger partial charge in [-0.1, -0.05) is 5.21 Å². The predicted octanol–water partition coefficient (Wildman–Crippen LogP) is 0.738. The second-order valence-corrected chi connectivity index (χ2v) is 3.74. The van der Waals surface area contributed by atoms with Crippen LogP contribution in [0.4, 0.5) is 5.69 Å². The second-order valence-electron chi connectivity index (χ2n) is 3.74. The van der Waals surface area contributed by atoms with Crippen molar-refractivity contribution in [2.24, 2.45) is 0 Å². The average Bonchev–Trinajstić information content (AvgIpc) is 2.87. The predicted molar refractivity (Wildman–Crippen MR) is 67.0 cm³/mol. The van der Waals surface area contributed by atoms with Crippen molar-refractivity contribution in [1.29, 1.82) is 0 Å². The molecule has 0 saturated carbocycles. The fourth-order valence-electron chi connectivity index (χ4n) is 1.47. The van der Waals surface area contributed by atoms with Crippen molar-refractivity contribution in [2.75, 3.05) is 12.4 Å². The minimum Gasteiger partial charge on any atom is -0.497 e. The maximum atomic E-state index is 11.7. The van der Waals surface area contributed by atoms with Crippen LogP contribution in [-0.2, 0) is 11.3 Å². The van der Waals surface area contributed by atoms with Gasteiger partial charge in [0.1, 0.15) is 18.0 Å². The summed E-state index contributed by atoms with van der Waals surface area (Å²) in [6.45, 7) is -0.00707. The Kier molecular flexibility index (Phi) is 3.87. The van der Waals surface area contributed by atoms with Crippen LogP contribution in [0.2, 0.25) is 0 Å². The third-order valence-electron chi connectivity index (χ3n) is 2.36. The number of nitrogens with one attached hydrogen (secondary N) is 1. The van der Waals surface area contributed by atoms with Crippen LogP contribution in [0.15, 0.2) is 30.5 Å². The van der Waals surface area contributed by atoms with Gasteiger partial charge in [0.2, 0.25) is 5.91 Å². The number of ether oxygens (including phenoxy) is 1. The fraction of sp³-hybridized carbons (Fsp3) is 0.167. The van der Waals surface area contributed by atoms with E-state index < -0.39 is 0 Å². The Hall–Kier alpha value is -2.70. The van der Waals surface area contributed by atoms with Crippen molar-refractivity contribution in [3.63, 3.8) is 0 Å². The number of anilines is 1. The Balaban J connectivity index is 1.94. The highest BCUT2D eigenvalue weighted by Gasteiger charge is 2.06. The number of benzene rings is 1. The van der Waals surface area contributed by atoms with Gasteiger partial charge >= 0.3 is 0 Å². The molecule has 98 valence electrons. The highest BCUT2D eigenvalue weighted by atomic mass is 16.5. The van der Waals surface area contributed by atoms with Crippen LogP contribution in [-0.4, -0.2) is 34.3 Å². The molecule has 0 spiro atoms. The SMILES string of the molecule is COc1ccc(NC(=O)Cn2cc(C=O)nn2)cc1. The zero-order valence-corrected chi connectivity index (χ0v) is 10.2. The van der Waals surface area contributed by atoms with Crippen molar-refractivity contribution >= 4 is 17.9 Å². The van der Waals surface area contributed by atoms with Gasteiger partial charge in [-0.05, 0) is 24.3 Å². The van der Waals surface area contributed by atoms with Crippen molar-refractivity contribution in [3.05, 3.63) is 36.2 Å². The van der Waals surface area contributed by atoms with E-state index in [1.807, 2.05) is 0 Å². The topological polar surface area (TPSA) is 86.1 Å². The van der Waals surface area contributed by atoms with Crippen LogP contribution in [0, 0.1) is 0 Å². The number of amides is 1. The molecular weight excluding hydrogens is 248 g/mol. The molecule has 1 aromatic heterocycles. The summed E-state index contributed by atoms with van der Waals surface area (Å²) in [4.78, 5) is 22.1. The Morgan fingerprint density at radius 1 is 1.42 bits per heavy atom. The van der Waals surface area contributed by atoms with E-state index in [1.165, 1.54) is 10.9 Å². The van der Waals surface area contributed by atoms with E-state index in [0.29, 0.717) is 17.7 Å². The number of rotatable bonds is 5. The minimum atomic E-state index is -0.257. The lowest BCUT2D eigenvalue weighted by Gasteiger charge is -2.05. The van der Waals surface area contributed by atoms with Gasteiger partial charge in [0.05, 0.1) is 13.3 Å². The first kappa shape index (κ1) is 12.7. The van der Waals surface area contributed by atoms with Crippen molar-refractivity contribution in [2.45, 2.75) is 6.54 Å². The lowest BCUT2D eigenvalue weighted by molar-refractivity contribution is -0.116. The Morgan fingerprint density at radius 3 is 2.74 bits per heavy atom. The van der Waals surface area contributed by atoms with Gasteiger partial charge in [0.25, 0.3) is 0 Å². The van der Waals surface area contributed by atoms with Crippen LogP contribution in [0.5, 0.6) is 5.75 Å². The fourth-order valence-corrected chi connectivity index (χ4v) is 1.47. The molecule has 0 aliphatic rings. The highest BCUT2D eigenvalue weighted by molar-refractivity contribution is 5.90. The van der Waals surface area contributed by atoms with Crippen LogP contribution in [0.25, 0.3) is 0 Å². The summed E-state index contributed by atoms with van der Waals surface area (Å²) in [6.07, 6.45) is 1.98. The largest absolute Gasteiger partial charge is 0.497 e. The zero-order chi connectivity index (χ0) is 13.7. The smallest absolute Gasteiger partial charge is 0.246 e. The molecule has 0 bridgehead atoms. The molecule has 1 heterocycles. The monoisotopic (exact) mass is 260 g/mol. The molecule has 2 rings (SSSR count). The Labute approximate surface area is 109 Å². The number of methoxy groups -OCH3 is 1. The summed E-state index contributed by atoms with van der Waals surface area (Å²) in [7, 11) is 1.57. The Bertz CT molecular complexity index is 577. The van der Waals surface area contributed by atoms with E-state index in [0.717, 1.165) is 0 Å². The molecule has 2 aromatic rings. The van der Waals surface area contributed by atoms with E-state index in [-0.39, 0.29) is 18.1 Å². The van der Waals surface area contributed by atoms with E-state index in [4.69, 9.17) is 4.74 Å². The molecule has 1 amide bonds. The first-order valence-electron chi connectivity index (χ1n) is 5.50. The van der Waals surface area contributed by atoms with Gasteiger partial charge in [-0.3, -0.25) is 9.59 Å². The molecule has 7 nitrogen and oxygen atoms in total. The van der Waals surface area contributed by atoms with Gasteiger partial charge in [0, 0.05) is 5.69 Å². The molecule has 0 saturated heterocycles. The van der Waals surface area contributed by atoms with Crippen LogP contribution in [0.3, 0.4) is 0 Å². The summed E-state index contributed by atoms with van der Waals surface area (Å²) in [5.74, 6) is 0.456. The Morgan fingerprint density at radius 2 is 2.16 bits per heavy atom. The van der Waals surface area contributed by atoms with Gasteiger partial charge in [-0.2, -0.15) is 0 Å². The van der Waals surface area contributed by atoms with Crippen molar-refractivity contribution < 1.29 is 14.3 Å². The second kappa shape index (κ2) is 5.76. The quantitative estimate of drug-likeness (QED) is 0.801. The van der Waals surface area contributed by atoms with Gasteiger partial charge < -0.3 is 10.1 Å². The number of hydrogen-bond acceptors (Lipinski definition) is 5. The highest BCUT2D eigenvalue weighted by Crippen LogP contribution is 2.14. The molecular formula is C12H12N4O3. The maximum Gasteiger partial charge on any atom is 0.246 e. The van der Waals surface area contributed by atoms with E-state index >= 15 is 0 Å². The number of hydrogen-bond donors (Lipinski definition) is 1. The lowest BCUT2D eigenvalue weighted by atomic mass is 10.3. The third-order valence-corrected chi connectivity index (χ3v) is 2.36. The summed E-state index contributed by atoms with van der Waals surface area (Å²) >= 11 is 0. The standard InChI is InChI=1S/C12H12N4O3/c1-19-11-4-2-9(3-5-11)13-12(18)7-16-6-10(8-17)14-15-16/h2-6,8H,7H2,1H3,(H,13,18). The van der Waals surface area contributed by atoms with E-state index in [1.54, 1.807) is 31.4 Å². The first-order valence-corrected chi connectivity index (χ1v) is 5.50. The van der Waals surface area contributed by atoms with E-state index in [9.17, 15) is 9.59 Å². The van der Waals surface area contributed by atoms with Crippen LogP contribution < -0.4 is 10.1 Å². The van der Waals surface area contributed by atoms with Gasteiger partial charge in [-0.15, -0.1) is 5.10 Å². The number of aldehydes is 1. The molecule has 0 unspecified atom stereocenters. The van der Waals surface area contributed by atoms with Crippen molar-refractivity contribution in [1.82, 2.24) is 15.0 Å². The molecule has 0 aliphatic carbocycles. The number of nitrogens with zero attached hydrogens (tertiary/aromatic N) is 3. The molecule has 0 fully saturated rings. The summed E-state index contributed by atoms with van der Waals surface area (Å²) in [6, 6.07) is 6.95. The molecule has 7 heteroatoms.